The van der Waals surface area contributed by atoms with Crippen molar-refractivity contribution in [3.63, 3.8) is 0 Å². The highest BCUT2D eigenvalue weighted by Crippen LogP contribution is 2.34. The first-order chi connectivity index (χ1) is 9.81. The van der Waals surface area contributed by atoms with Crippen LogP contribution >= 0.6 is 0 Å². The van der Waals surface area contributed by atoms with Gasteiger partial charge in [-0.2, -0.15) is 23.5 Å². The summed E-state index contributed by atoms with van der Waals surface area (Å²) in [4.78, 5) is 0. The summed E-state index contributed by atoms with van der Waals surface area (Å²) in [6.07, 6.45) is -1.13. The molecule has 1 unspecified atom stereocenters. The van der Waals surface area contributed by atoms with E-state index in [9.17, 15) is 13.2 Å². The molecule has 2 rings (SSSR count). The van der Waals surface area contributed by atoms with Crippen molar-refractivity contribution in [2.45, 2.75) is 19.1 Å². The molecule has 7 heteroatoms. The SMILES string of the molecule is CC(Nc1ccc(C#N)c(C(F)(F)F)c1)c1cnn(C)c1. The minimum atomic E-state index is -4.56. The molecular weight excluding hydrogens is 281 g/mol. The van der Waals surface area contributed by atoms with Gasteiger partial charge >= 0.3 is 6.18 Å². The summed E-state index contributed by atoms with van der Waals surface area (Å²) < 4.78 is 40.3. The first-order valence-corrected chi connectivity index (χ1v) is 6.17. The van der Waals surface area contributed by atoms with E-state index in [-0.39, 0.29) is 11.6 Å². The second-order valence-electron chi connectivity index (χ2n) is 4.68. The van der Waals surface area contributed by atoms with Gasteiger partial charge in [-0.05, 0) is 25.1 Å². The quantitative estimate of drug-likeness (QED) is 0.942. The van der Waals surface area contributed by atoms with Crippen LogP contribution in [0.2, 0.25) is 0 Å². The average molecular weight is 294 g/mol. The number of halogens is 3. The molecule has 0 aliphatic rings. The largest absolute Gasteiger partial charge is 0.417 e. The summed E-state index contributed by atoms with van der Waals surface area (Å²) >= 11 is 0. The molecular formula is C14H13F3N4. The van der Waals surface area contributed by atoms with Gasteiger partial charge in [0, 0.05) is 24.5 Å². The number of anilines is 1. The van der Waals surface area contributed by atoms with Gasteiger partial charge in [-0.15, -0.1) is 0 Å². The fraction of sp³-hybridized carbons (Fsp3) is 0.286. The molecule has 110 valence electrons. The van der Waals surface area contributed by atoms with E-state index in [1.807, 2.05) is 6.92 Å². The summed E-state index contributed by atoms with van der Waals surface area (Å²) in [6, 6.07) is 4.93. The zero-order chi connectivity index (χ0) is 15.6. The van der Waals surface area contributed by atoms with Gasteiger partial charge in [-0.25, -0.2) is 0 Å². The summed E-state index contributed by atoms with van der Waals surface area (Å²) in [5.74, 6) is 0. The van der Waals surface area contributed by atoms with Crippen molar-refractivity contribution in [3.05, 3.63) is 47.3 Å². The van der Waals surface area contributed by atoms with Gasteiger partial charge < -0.3 is 5.32 Å². The van der Waals surface area contributed by atoms with E-state index < -0.39 is 11.7 Å². The van der Waals surface area contributed by atoms with E-state index in [1.165, 1.54) is 12.1 Å². The van der Waals surface area contributed by atoms with Crippen LogP contribution in [0, 0.1) is 11.3 Å². The Hall–Kier alpha value is -2.49. The molecule has 1 aromatic carbocycles. The van der Waals surface area contributed by atoms with Gasteiger partial charge in [-0.1, -0.05) is 0 Å². The number of alkyl halides is 3. The topological polar surface area (TPSA) is 53.6 Å². The van der Waals surface area contributed by atoms with Crippen molar-refractivity contribution >= 4 is 5.69 Å². The Morgan fingerprint density at radius 1 is 1.38 bits per heavy atom. The Bertz CT molecular complexity index is 682. The third-order valence-electron chi connectivity index (χ3n) is 3.05. The highest BCUT2D eigenvalue weighted by atomic mass is 19.4. The second kappa shape index (κ2) is 5.48. The van der Waals surface area contributed by atoms with Crippen molar-refractivity contribution in [1.29, 1.82) is 5.26 Å². The van der Waals surface area contributed by atoms with Gasteiger partial charge in [0.05, 0.1) is 29.4 Å². The number of rotatable bonds is 3. The van der Waals surface area contributed by atoms with E-state index in [0.29, 0.717) is 5.69 Å². The molecule has 0 amide bonds. The lowest BCUT2D eigenvalue weighted by Gasteiger charge is -2.16. The molecule has 2 aromatic rings. The third-order valence-corrected chi connectivity index (χ3v) is 3.05. The molecule has 21 heavy (non-hydrogen) atoms. The van der Waals surface area contributed by atoms with Crippen LogP contribution in [0.3, 0.4) is 0 Å². The predicted octanol–water partition coefficient (Wildman–Crippen LogP) is 3.48. The lowest BCUT2D eigenvalue weighted by atomic mass is 10.1. The molecule has 1 atom stereocenters. The predicted molar refractivity (Wildman–Crippen MR) is 71.4 cm³/mol. The smallest absolute Gasteiger partial charge is 0.378 e. The Balaban J connectivity index is 2.27. The Morgan fingerprint density at radius 3 is 2.62 bits per heavy atom. The molecule has 1 aromatic heterocycles. The standard InChI is InChI=1S/C14H13F3N4/c1-9(11-7-19-21(2)8-11)20-12-4-3-10(6-18)13(5-12)14(15,16)17/h3-5,7-9,20H,1-2H3. The van der Waals surface area contributed by atoms with E-state index in [2.05, 4.69) is 10.4 Å². The Kier molecular flexibility index (Phi) is 3.89. The zero-order valence-corrected chi connectivity index (χ0v) is 11.4. The lowest BCUT2D eigenvalue weighted by molar-refractivity contribution is -0.137. The Labute approximate surface area is 119 Å². The van der Waals surface area contributed by atoms with Crippen LogP contribution < -0.4 is 5.32 Å². The number of benzene rings is 1. The molecule has 0 saturated heterocycles. The maximum atomic E-state index is 12.9. The number of nitrogens with one attached hydrogen (secondary N) is 1. The van der Waals surface area contributed by atoms with E-state index >= 15 is 0 Å². The molecule has 0 radical (unpaired) electrons. The zero-order valence-electron chi connectivity index (χ0n) is 11.4. The number of aryl methyl sites for hydroxylation is 1. The average Bonchev–Trinajstić information content (AvgIpc) is 2.84. The summed E-state index contributed by atoms with van der Waals surface area (Å²) in [6.45, 7) is 1.82. The third kappa shape index (κ3) is 3.34. The molecule has 1 N–H and O–H groups in total. The molecule has 0 spiro atoms. The van der Waals surface area contributed by atoms with Crippen molar-refractivity contribution in [2.75, 3.05) is 5.32 Å². The number of hydrogen-bond donors (Lipinski definition) is 1. The van der Waals surface area contributed by atoms with Crippen LogP contribution in [-0.2, 0) is 13.2 Å². The summed E-state index contributed by atoms with van der Waals surface area (Å²) in [5.41, 5.74) is -0.163. The molecule has 0 aliphatic carbocycles. The van der Waals surface area contributed by atoms with Crippen molar-refractivity contribution in [2.24, 2.45) is 7.05 Å². The number of nitriles is 1. The highest BCUT2D eigenvalue weighted by molar-refractivity contribution is 5.54. The molecule has 1 heterocycles. The van der Waals surface area contributed by atoms with Gasteiger partial charge in [0.15, 0.2) is 0 Å². The van der Waals surface area contributed by atoms with E-state index in [0.717, 1.165) is 11.6 Å². The molecule has 0 bridgehead atoms. The second-order valence-corrected chi connectivity index (χ2v) is 4.68. The van der Waals surface area contributed by atoms with Gasteiger partial charge in [0.2, 0.25) is 0 Å². The maximum Gasteiger partial charge on any atom is 0.417 e. The van der Waals surface area contributed by atoms with Crippen molar-refractivity contribution in [1.82, 2.24) is 9.78 Å². The van der Waals surface area contributed by atoms with Crippen molar-refractivity contribution in [3.8, 4) is 6.07 Å². The number of nitrogens with zero attached hydrogens (tertiary/aromatic N) is 3. The Morgan fingerprint density at radius 2 is 2.10 bits per heavy atom. The molecule has 0 aliphatic heterocycles. The number of hydrogen-bond acceptors (Lipinski definition) is 3. The molecule has 0 saturated carbocycles. The van der Waals surface area contributed by atoms with Crippen molar-refractivity contribution < 1.29 is 13.2 Å². The van der Waals surface area contributed by atoms with E-state index in [1.54, 1.807) is 30.2 Å². The first-order valence-electron chi connectivity index (χ1n) is 6.17. The molecule has 0 fully saturated rings. The first kappa shape index (κ1) is 14.9. The summed E-state index contributed by atoms with van der Waals surface area (Å²) in [7, 11) is 1.76. The maximum absolute atomic E-state index is 12.9. The minimum absolute atomic E-state index is 0.201. The highest BCUT2D eigenvalue weighted by Gasteiger charge is 2.33. The monoisotopic (exact) mass is 294 g/mol. The van der Waals surface area contributed by atoms with Gasteiger partial charge in [0.1, 0.15) is 0 Å². The minimum Gasteiger partial charge on any atom is -0.378 e. The number of aromatic nitrogens is 2. The fourth-order valence-electron chi connectivity index (χ4n) is 1.96. The van der Waals surface area contributed by atoms with Crippen LogP contribution in [0.1, 0.15) is 29.7 Å². The van der Waals surface area contributed by atoms with Crippen LogP contribution in [-0.4, -0.2) is 9.78 Å². The summed E-state index contributed by atoms with van der Waals surface area (Å²) in [5, 5.41) is 15.7. The van der Waals surface area contributed by atoms with Crippen LogP contribution in [0.5, 0.6) is 0 Å². The van der Waals surface area contributed by atoms with Gasteiger partial charge in [-0.3, -0.25) is 4.68 Å². The lowest BCUT2D eigenvalue weighted by Crippen LogP contribution is -2.11. The van der Waals surface area contributed by atoms with Gasteiger partial charge in [0.25, 0.3) is 0 Å². The van der Waals surface area contributed by atoms with E-state index in [4.69, 9.17) is 5.26 Å². The van der Waals surface area contributed by atoms with Crippen LogP contribution in [0.15, 0.2) is 30.6 Å². The van der Waals surface area contributed by atoms with Crippen LogP contribution in [0.4, 0.5) is 18.9 Å². The normalized spacial score (nSPS) is 12.8. The molecule has 4 nitrogen and oxygen atoms in total. The fourth-order valence-corrected chi connectivity index (χ4v) is 1.96. The van der Waals surface area contributed by atoms with Crippen LogP contribution in [0.25, 0.3) is 0 Å².